The van der Waals surface area contributed by atoms with Crippen LogP contribution in [0.15, 0.2) is 36.7 Å². The van der Waals surface area contributed by atoms with E-state index in [9.17, 15) is 4.79 Å². The number of pyridine rings is 1. The van der Waals surface area contributed by atoms with Gasteiger partial charge in [0.1, 0.15) is 0 Å². The summed E-state index contributed by atoms with van der Waals surface area (Å²) in [6.07, 6.45) is 3.42. The van der Waals surface area contributed by atoms with E-state index in [0.717, 1.165) is 5.56 Å². The number of aromatic nitrogens is 1. The van der Waals surface area contributed by atoms with E-state index in [0.29, 0.717) is 28.6 Å². The highest BCUT2D eigenvalue weighted by molar-refractivity contribution is 6.32. The molecule has 0 atom stereocenters. The monoisotopic (exact) mass is 320 g/mol. The molecule has 2 rings (SSSR count). The van der Waals surface area contributed by atoms with Gasteiger partial charge < -0.3 is 14.4 Å². The highest BCUT2D eigenvalue weighted by Crippen LogP contribution is 2.36. The van der Waals surface area contributed by atoms with Crippen LogP contribution in [0.2, 0.25) is 5.02 Å². The van der Waals surface area contributed by atoms with Gasteiger partial charge in [0.15, 0.2) is 11.5 Å². The van der Waals surface area contributed by atoms with E-state index in [1.54, 1.807) is 36.5 Å². The highest BCUT2D eigenvalue weighted by atomic mass is 35.5. The Bertz CT molecular complexity index is 662. The summed E-state index contributed by atoms with van der Waals surface area (Å²) >= 11 is 6.14. The fourth-order valence-corrected chi connectivity index (χ4v) is 2.39. The van der Waals surface area contributed by atoms with Crippen LogP contribution in [0.4, 0.5) is 0 Å². The number of hydrogen-bond acceptors (Lipinski definition) is 4. The van der Waals surface area contributed by atoms with Crippen LogP contribution in [0.25, 0.3) is 0 Å². The molecule has 0 saturated heterocycles. The fourth-order valence-electron chi connectivity index (χ4n) is 2.10. The maximum Gasteiger partial charge on any atom is 0.254 e. The second-order valence-electron chi connectivity index (χ2n) is 4.72. The summed E-state index contributed by atoms with van der Waals surface area (Å²) in [5.74, 6) is 0.676. The molecule has 116 valence electrons. The average molecular weight is 321 g/mol. The molecule has 5 nitrogen and oxygen atoms in total. The van der Waals surface area contributed by atoms with E-state index in [1.165, 1.54) is 14.2 Å². The van der Waals surface area contributed by atoms with Gasteiger partial charge in [0.2, 0.25) is 0 Å². The minimum Gasteiger partial charge on any atom is -0.493 e. The standard InChI is InChI=1S/C16H17ClN2O3/c1-19(10-11-5-4-6-18-9-11)16(20)12-7-13(17)15(22-3)14(8-12)21-2/h4-9H,10H2,1-3H3. The first kappa shape index (κ1) is 16.1. The summed E-state index contributed by atoms with van der Waals surface area (Å²) in [4.78, 5) is 18.1. The van der Waals surface area contributed by atoms with E-state index in [1.807, 2.05) is 12.1 Å². The molecular weight excluding hydrogens is 304 g/mol. The Morgan fingerprint density at radius 3 is 2.68 bits per heavy atom. The molecule has 22 heavy (non-hydrogen) atoms. The third-order valence-corrected chi connectivity index (χ3v) is 3.45. The van der Waals surface area contributed by atoms with Gasteiger partial charge in [0.05, 0.1) is 19.2 Å². The van der Waals surface area contributed by atoms with Gasteiger partial charge in [0, 0.05) is 31.5 Å². The van der Waals surface area contributed by atoms with Gasteiger partial charge in [-0.3, -0.25) is 9.78 Å². The van der Waals surface area contributed by atoms with Gasteiger partial charge in [-0.1, -0.05) is 17.7 Å². The summed E-state index contributed by atoms with van der Waals surface area (Å²) in [5, 5.41) is 0.333. The molecule has 0 aliphatic heterocycles. The number of carbonyl (C=O) groups excluding carboxylic acids is 1. The second kappa shape index (κ2) is 7.13. The summed E-state index contributed by atoms with van der Waals surface area (Å²) in [7, 11) is 4.72. The molecule has 0 fully saturated rings. The molecule has 1 aromatic heterocycles. The van der Waals surface area contributed by atoms with Crippen molar-refractivity contribution in [1.29, 1.82) is 0 Å². The lowest BCUT2D eigenvalue weighted by atomic mass is 10.1. The van der Waals surface area contributed by atoms with Crippen LogP contribution in [0, 0.1) is 0 Å². The SMILES string of the molecule is COc1cc(C(=O)N(C)Cc2cccnc2)cc(Cl)c1OC. The zero-order valence-corrected chi connectivity index (χ0v) is 13.4. The Morgan fingerprint density at radius 2 is 2.09 bits per heavy atom. The van der Waals surface area contributed by atoms with Gasteiger partial charge in [-0.05, 0) is 23.8 Å². The first-order valence-electron chi connectivity index (χ1n) is 6.62. The predicted molar refractivity (Wildman–Crippen MR) is 84.6 cm³/mol. The van der Waals surface area contributed by atoms with Crippen molar-refractivity contribution >= 4 is 17.5 Å². The number of halogens is 1. The van der Waals surface area contributed by atoms with Gasteiger partial charge in [0.25, 0.3) is 5.91 Å². The van der Waals surface area contributed by atoms with Crippen LogP contribution in [-0.4, -0.2) is 37.1 Å². The third kappa shape index (κ3) is 3.49. The number of hydrogen-bond donors (Lipinski definition) is 0. The molecule has 0 saturated carbocycles. The maximum atomic E-state index is 12.5. The molecular formula is C16H17ClN2O3. The Labute approximate surface area is 134 Å². The van der Waals surface area contributed by atoms with Crippen molar-refractivity contribution in [3.8, 4) is 11.5 Å². The molecule has 2 aromatic rings. The highest BCUT2D eigenvalue weighted by Gasteiger charge is 2.18. The lowest BCUT2D eigenvalue weighted by Gasteiger charge is -2.18. The molecule has 6 heteroatoms. The number of ether oxygens (including phenoxy) is 2. The second-order valence-corrected chi connectivity index (χ2v) is 5.12. The number of amides is 1. The van der Waals surface area contributed by atoms with Crippen LogP contribution in [-0.2, 0) is 6.54 Å². The molecule has 1 heterocycles. The number of nitrogens with zero attached hydrogens (tertiary/aromatic N) is 2. The maximum absolute atomic E-state index is 12.5. The van der Waals surface area contributed by atoms with E-state index < -0.39 is 0 Å². The number of methoxy groups -OCH3 is 2. The van der Waals surface area contributed by atoms with E-state index >= 15 is 0 Å². The fraction of sp³-hybridized carbons (Fsp3) is 0.250. The Kier molecular flexibility index (Phi) is 5.22. The van der Waals surface area contributed by atoms with Crippen molar-refractivity contribution in [1.82, 2.24) is 9.88 Å². The predicted octanol–water partition coefficient (Wildman–Crippen LogP) is 3.02. The quantitative estimate of drug-likeness (QED) is 0.849. The van der Waals surface area contributed by atoms with Crippen LogP contribution < -0.4 is 9.47 Å². The first-order valence-corrected chi connectivity index (χ1v) is 7.00. The number of benzene rings is 1. The van der Waals surface area contributed by atoms with Gasteiger partial charge in [-0.2, -0.15) is 0 Å². The van der Waals surface area contributed by atoms with Crippen molar-refractivity contribution in [2.45, 2.75) is 6.54 Å². The summed E-state index contributed by atoms with van der Waals surface area (Å²) in [6.45, 7) is 0.457. The van der Waals surface area contributed by atoms with Gasteiger partial charge >= 0.3 is 0 Å². The van der Waals surface area contributed by atoms with Crippen molar-refractivity contribution in [2.75, 3.05) is 21.3 Å². The Balaban J connectivity index is 2.23. The van der Waals surface area contributed by atoms with E-state index in [4.69, 9.17) is 21.1 Å². The van der Waals surface area contributed by atoms with E-state index in [-0.39, 0.29) is 5.91 Å². The minimum absolute atomic E-state index is 0.160. The zero-order valence-electron chi connectivity index (χ0n) is 12.7. The van der Waals surface area contributed by atoms with Gasteiger partial charge in [-0.15, -0.1) is 0 Å². The topological polar surface area (TPSA) is 51.7 Å². The molecule has 0 spiro atoms. The van der Waals surface area contributed by atoms with Crippen LogP contribution in [0.5, 0.6) is 11.5 Å². The van der Waals surface area contributed by atoms with Crippen molar-refractivity contribution in [3.05, 3.63) is 52.8 Å². The Morgan fingerprint density at radius 1 is 1.32 bits per heavy atom. The number of carbonyl (C=O) groups is 1. The van der Waals surface area contributed by atoms with Crippen LogP contribution in [0.1, 0.15) is 15.9 Å². The molecule has 0 radical (unpaired) electrons. The van der Waals surface area contributed by atoms with Gasteiger partial charge in [-0.25, -0.2) is 0 Å². The lowest BCUT2D eigenvalue weighted by molar-refractivity contribution is 0.0784. The molecule has 0 bridgehead atoms. The molecule has 0 aliphatic rings. The normalized spacial score (nSPS) is 10.2. The smallest absolute Gasteiger partial charge is 0.254 e. The van der Waals surface area contributed by atoms with Crippen LogP contribution >= 0.6 is 11.6 Å². The van der Waals surface area contributed by atoms with Crippen molar-refractivity contribution in [3.63, 3.8) is 0 Å². The van der Waals surface area contributed by atoms with Crippen molar-refractivity contribution in [2.24, 2.45) is 0 Å². The largest absolute Gasteiger partial charge is 0.493 e. The molecule has 1 aromatic carbocycles. The van der Waals surface area contributed by atoms with E-state index in [2.05, 4.69) is 4.98 Å². The minimum atomic E-state index is -0.160. The molecule has 1 amide bonds. The molecule has 0 N–H and O–H groups in total. The lowest BCUT2D eigenvalue weighted by Crippen LogP contribution is -2.26. The number of rotatable bonds is 5. The van der Waals surface area contributed by atoms with Crippen molar-refractivity contribution < 1.29 is 14.3 Å². The molecule has 0 aliphatic carbocycles. The third-order valence-electron chi connectivity index (χ3n) is 3.17. The average Bonchev–Trinajstić information content (AvgIpc) is 2.54. The Hall–Kier alpha value is -2.27. The molecule has 0 unspecified atom stereocenters. The summed E-state index contributed by atoms with van der Waals surface area (Å²) in [5.41, 5.74) is 1.39. The first-order chi connectivity index (χ1) is 10.6. The summed E-state index contributed by atoms with van der Waals surface area (Å²) in [6, 6.07) is 6.94. The zero-order chi connectivity index (χ0) is 16.1. The van der Waals surface area contributed by atoms with Crippen LogP contribution in [0.3, 0.4) is 0 Å². The summed E-state index contributed by atoms with van der Waals surface area (Å²) < 4.78 is 10.4.